The Bertz CT molecular complexity index is 1350. The third-order valence-corrected chi connectivity index (χ3v) is 7.41. The van der Waals surface area contributed by atoms with E-state index >= 15 is 0 Å². The zero-order valence-electron chi connectivity index (χ0n) is 25.7. The fraction of sp³-hybridized carbons (Fsp3) is 0.424. The summed E-state index contributed by atoms with van der Waals surface area (Å²) in [4.78, 5) is 39.9. The normalized spacial score (nSPS) is 13.6. The molecule has 0 saturated heterocycles. The Morgan fingerprint density at radius 3 is 2.02 bits per heavy atom. The van der Waals surface area contributed by atoms with Crippen molar-refractivity contribution in [3.8, 4) is 17.2 Å². The van der Waals surface area contributed by atoms with Crippen LogP contribution in [0.1, 0.15) is 64.7 Å². The van der Waals surface area contributed by atoms with Crippen LogP contribution in [0.15, 0.2) is 54.6 Å². The molecule has 0 unspecified atom stereocenters. The van der Waals surface area contributed by atoms with Gasteiger partial charge in [0.2, 0.25) is 5.91 Å². The monoisotopic (exact) mass is 577 g/mol. The summed E-state index contributed by atoms with van der Waals surface area (Å²) in [5.74, 6) is 0.557. The van der Waals surface area contributed by atoms with Crippen molar-refractivity contribution in [2.45, 2.75) is 85.3 Å². The lowest BCUT2D eigenvalue weighted by Gasteiger charge is -2.53. The quantitative estimate of drug-likeness (QED) is 0.201. The second-order valence-electron chi connectivity index (χ2n) is 13.2. The smallest absolute Gasteiger partial charge is 0.330 e. The Kier molecular flexibility index (Phi) is 10.4. The Morgan fingerprint density at radius 2 is 1.54 bits per heavy atom. The highest BCUT2D eigenvalue weighted by Gasteiger charge is 2.58. The molecule has 0 bridgehead atoms. The maximum atomic E-state index is 13.9. The molecule has 1 amide bonds. The van der Waals surface area contributed by atoms with E-state index in [4.69, 9.17) is 4.74 Å². The van der Waals surface area contributed by atoms with Gasteiger partial charge in [0, 0.05) is 11.6 Å². The van der Waals surface area contributed by atoms with Crippen LogP contribution in [0, 0.1) is 16.9 Å². The van der Waals surface area contributed by atoms with E-state index in [0.717, 1.165) is 5.56 Å². The van der Waals surface area contributed by atoms with E-state index < -0.39 is 48.8 Å². The van der Waals surface area contributed by atoms with Crippen molar-refractivity contribution in [3.63, 3.8) is 0 Å². The molecule has 220 valence electrons. The van der Waals surface area contributed by atoms with Crippen molar-refractivity contribution in [2.24, 2.45) is 5.41 Å². The second kappa shape index (κ2) is 12.8. The van der Waals surface area contributed by atoms with Crippen LogP contribution in [-0.4, -0.2) is 52.1 Å². The van der Waals surface area contributed by atoms with Crippen molar-refractivity contribution in [2.75, 3.05) is 0 Å². The molecular formula is C33H43NO6Si. The molecule has 2 aromatic carbocycles. The van der Waals surface area contributed by atoms with Crippen LogP contribution < -0.4 is 4.74 Å². The number of carboxylic acid groups (broad SMARTS) is 2. The Balaban J connectivity index is 2.65. The van der Waals surface area contributed by atoms with Gasteiger partial charge >= 0.3 is 11.9 Å². The van der Waals surface area contributed by atoms with Gasteiger partial charge in [0.25, 0.3) is 0 Å². The average molecular weight is 578 g/mol. The van der Waals surface area contributed by atoms with Gasteiger partial charge in [0.05, 0.1) is 12.0 Å². The number of carbonyl (C=O) groups is 3. The van der Waals surface area contributed by atoms with E-state index in [9.17, 15) is 24.6 Å². The molecular weight excluding hydrogens is 534 g/mol. The summed E-state index contributed by atoms with van der Waals surface area (Å²) in [7, 11) is -1.77. The molecule has 2 rings (SSSR count). The van der Waals surface area contributed by atoms with Crippen molar-refractivity contribution < 1.29 is 29.3 Å². The van der Waals surface area contributed by atoms with Gasteiger partial charge < -0.3 is 19.8 Å². The first-order chi connectivity index (χ1) is 18.8. The molecule has 0 aromatic heterocycles. The van der Waals surface area contributed by atoms with E-state index in [2.05, 4.69) is 31.1 Å². The number of aliphatic carboxylic acids is 2. The van der Waals surface area contributed by atoms with Crippen LogP contribution in [0.3, 0.4) is 0 Å². The van der Waals surface area contributed by atoms with Crippen LogP contribution in [0.2, 0.25) is 19.6 Å². The minimum absolute atomic E-state index is 0.342. The number of nitrogens with zero attached hydrogens (tertiary/aromatic N) is 1. The van der Waals surface area contributed by atoms with Crippen molar-refractivity contribution in [3.05, 3.63) is 71.3 Å². The lowest BCUT2D eigenvalue weighted by Crippen LogP contribution is -2.69. The van der Waals surface area contributed by atoms with E-state index in [0.29, 0.717) is 23.5 Å². The van der Waals surface area contributed by atoms with Gasteiger partial charge in [-0.15, -0.1) is 5.54 Å². The van der Waals surface area contributed by atoms with Gasteiger partial charge in [0.1, 0.15) is 20.4 Å². The van der Waals surface area contributed by atoms with E-state index in [-0.39, 0.29) is 0 Å². The highest BCUT2D eigenvalue weighted by Crippen LogP contribution is 2.43. The SMILES string of the molecule is CC(C)(C)N(C(=O)/C=C/c1cccc(OCc2ccccc2)c1C#C[Si](C)(C)C)[C@@](CC(=O)O)(C(=O)O)C(C)(C)C. The van der Waals surface area contributed by atoms with Gasteiger partial charge in [-0.05, 0) is 49.5 Å². The minimum Gasteiger partial charge on any atom is -0.488 e. The number of carboxylic acids is 2. The van der Waals surface area contributed by atoms with Crippen LogP contribution in [0.4, 0.5) is 0 Å². The predicted octanol–water partition coefficient (Wildman–Crippen LogP) is 6.48. The highest BCUT2D eigenvalue weighted by molar-refractivity contribution is 6.83. The van der Waals surface area contributed by atoms with Gasteiger partial charge in [0.15, 0.2) is 5.54 Å². The first-order valence-electron chi connectivity index (χ1n) is 13.6. The van der Waals surface area contributed by atoms with Crippen molar-refractivity contribution in [1.82, 2.24) is 4.90 Å². The molecule has 0 aliphatic rings. The standard InChI is InChI=1S/C33H43NO6Si/c1-31(2,3)33(30(38)39,22-29(36)37)34(32(4,5)6)28(35)19-18-25-16-13-17-27(26(25)20-21-41(7,8)9)40-23-24-14-11-10-12-15-24/h10-19H,22-23H2,1-9H3,(H,36,37)(H,38,39)/b19-18+/t33-/m0/s1. The van der Waals surface area contributed by atoms with E-state index in [1.54, 1.807) is 47.6 Å². The number of hydrogen-bond donors (Lipinski definition) is 2. The molecule has 0 fully saturated rings. The summed E-state index contributed by atoms with van der Waals surface area (Å²) in [5, 5.41) is 20.2. The summed E-state index contributed by atoms with van der Waals surface area (Å²) >= 11 is 0. The van der Waals surface area contributed by atoms with Gasteiger partial charge in [-0.3, -0.25) is 9.59 Å². The molecule has 1 atom stereocenters. The molecule has 41 heavy (non-hydrogen) atoms. The molecule has 7 nitrogen and oxygen atoms in total. The number of amides is 1. The summed E-state index contributed by atoms with van der Waals surface area (Å²) in [6, 6.07) is 15.2. The Morgan fingerprint density at radius 1 is 0.927 bits per heavy atom. The van der Waals surface area contributed by atoms with Crippen LogP contribution in [-0.2, 0) is 21.0 Å². The summed E-state index contributed by atoms with van der Waals surface area (Å²) in [6.07, 6.45) is 2.14. The fourth-order valence-electron chi connectivity index (χ4n) is 4.64. The molecule has 0 saturated carbocycles. The topological polar surface area (TPSA) is 104 Å². The Labute approximate surface area is 245 Å². The van der Waals surface area contributed by atoms with E-state index in [1.165, 1.54) is 11.0 Å². The zero-order chi connectivity index (χ0) is 31.2. The van der Waals surface area contributed by atoms with E-state index in [1.807, 2.05) is 48.5 Å². The fourth-order valence-corrected chi connectivity index (χ4v) is 5.14. The molecule has 0 aliphatic carbocycles. The number of rotatable bonds is 9. The molecule has 8 heteroatoms. The molecule has 0 aliphatic heterocycles. The molecule has 0 heterocycles. The molecule has 0 radical (unpaired) electrons. The third-order valence-electron chi connectivity index (χ3n) is 6.54. The summed E-state index contributed by atoms with van der Waals surface area (Å²) < 4.78 is 6.15. The molecule has 0 spiro atoms. The first kappa shape index (κ1) is 33.4. The van der Waals surface area contributed by atoms with Crippen LogP contribution in [0.25, 0.3) is 6.08 Å². The maximum Gasteiger partial charge on any atom is 0.330 e. The van der Waals surface area contributed by atoms with Gasteiger partial charge in [-0.25, -0.2) is 4.79 Å². The number of carbonyl (C=O) groups excluding carboxylic acids is 1. The summed E-state index contributed by atoms with van der Waals surface area (Å²) in [6.45, 7) is 16.8. The number of ether oxygens (including phenoxy) is 1. The van der Waals surface area contributed by atoms with Crippen LogP contribution >= 0.6 is 0 Å². The second-order valence-corrected chi connectivity index (χ2v) is 17.9. The minimum atomic E-state index is -2.01. The van der Waals surface area contributed by atoms with Gasteiger partial charge in [-0.2, -0.15) is 0 Å². The largest absolute Gasteiger partial charge is 0.488 e. The lowest BCUT2D eigenvalue weighted by atomic mass is 9.68. The highest BCUT2D eigenvalue weighted by atomic mass is 28.3. The third kappa shape index (κ3) is 8.58. The average Bonchev–Trinajstić information content (AvgIpc) is 2.83. The van der Waals surface area contributed by atoms with Gasteiger partial charge in [-0.1, -0.05) is 88.8 Å². The molecule has 2 aromatic rings. The number of hydrogen-bond acceptors (Lipinski definition) is 4. The van der Waals surface area contributed by atoms with Crippen LogP contribution in [0.5, 0.6) is 5.75 Å². The Hall–Kier alpha value is -3.83. The van der Waals surface area contributed by atoms with Crippen molar-refractivity contribution in [1.29, 1.82) is 0 Å². The maximum absolute atomic E-state index is 13.9. The number of benzene rings is 2. The predicted molar refractivity (Wildman–Crippen MR) is 165 cm³/mol. The van der Waals surface area contributed by atoms with Crippen molar-refractivity contribution >= 4 is 32.0 Å². The molecule has 2 N–H and O–H groups in total. The zero-order valence-corrected chi connectivity index (χ0v) is 26.7. The summed E-state index contributed by atoms with van der Waals surface area (Å²) in [5.41, 5.74) is 1.51. The lowest BCUT2D eigenvalue weighted by molar-refractivity contribution is -0.179. The first-order valence-corrected chi connectivity index (χ1v) is 17.1.